The van der Waals surface area contributed by atoms with E-state index in [0.29, 0.717) is 17.9 Å². The van der Waals surface area contributed by atoms with Gasteiger partial charge in [0.1, 0.15) is 12.4 Å². The summed E-state index contributed by atoms with van der Waals surface area (Å²) in [5, 5.41) is 11.0. The number of hydrogen-bond acceptors (Lipinski definition) is 4. The predicted molar refractivity (Wildman–Crippen MR) is 77.2 cm³/mol. The number of methoxy groups -OCH3 is 1. The number of benzene rings is 2. The number of hydrogen-bond donors (Lipinski definition) is 0. The third kappa shape index (κ3) is 4.11. The van der Waals surface area contributed by atoms with E-state index < -0.39 is 5.97 Å². The molecule has 2 aromatic rings. The minimum Gasteiger partial charge on any atom is -0.545 e. The second kappa shape index (κ2) is 7.14. The first-order valence-electron chi connectivity index (χ1n) is 6.42. The number of rotatable bonds is 6. The number of carbonyl (C=O) groups excluding carboxylic acids is 1. The zero-order chi connectivity index (χ0) is 15.1. The number of aliphatic carboxylic acids is 1. The Hall–Kier alpha value is -2.75. The summed E-state index contributed by atoms with van der Waals surface area (Å²) in [4.78, 5) is 11.0. The molecule has 0 aromatic heterocycles. The molecule has 0 bridgehead atoms. The normalized spacial score (nSPS) is 11.0. The molecule has 4 nitrogen and oxygen atoms in total. The number of carboxylic acid groups (broad SMARTS) is 1. The van der Waals surface area contributed by atoms with Crippen molar-refractivity contribution in [1.29, 1.82) is 0 Å². The van der Waals surface area contributed by atoms with E-state index in [4.69, 9.17) is 9.47 Å². The molecule has 0 unspecified atom stereocenters. The summed E-state index contributed by atoms with van der Waals surface area (Å²) in [6.45, 7) is 0.460. The Morgan fingerprint density at radius 1 is 1.10 bits per heavy atom. The highest BCUT2D eigenvalue weighted by Crippen LogP contribution is 2.19. The summed E-state index contributed by atoms with van der Waals surface area (Å²) in [7, 11) is 1.39. The Morgan fingerprint density at radius 2 is 1.76 bits per heavy atom. The molecule has 2 rings (SSSR count). The quantitative estimate of drug-likeness (QED) is 0.601. The first kappa shape index (κ1) is 14.7. The number of ether oxygens (including phenoxy) is 2. The lowest BCUT2D eigenvalue weighted by Gasteiger charge is -2.10. The third-order valence-electron chi connectivity index (χ3n) is 2.87. The van der Waals surface area contributed by atoms with Crippen LogP contribution in [0.1, 0.15) is 11.1 Å². The van der Waals surface area contributed by atoms with Crippen molar-refractivity contribution >= 4 is 11.5 Å². The zero-order valence-electron chi connectivity index (χ0n) is 11.6. The molecule has 4 heteroatoms. The van der Waals surface area contributed by atoms with Gasteiger partial charge in [-0.3, -0.25) is 0 Å². The van der Waals surface area contributed by atoms with Gasteiger partial charge in [0.05, 0.1) is 19.3 Å². The van der Waals surface area contributed by atoms with Crippen molar-refractivity contribution in [3.63, 3.8) is 0 Å². The van der Waals surface area contributed by atoms with Crippen LogP contribution in [-0.4, -0.2) is 13.1 Å². The van der Waals surface area contributed by atoms with E-state index in [2.05, 4.69) is 0 Å². The van der Waals surface area contributed by atoms with Crippen LogP contribution in [-0.2, 0) is 16.1 Å². The standard InChI is InChI=1S/C17H16O4/c1-20-12-16(17(18)19)14-7-9-15(10-8-14)21-11-13-5-3-2-4-6-13/h2-10,12H,11H2,1H3,(H,18,19)/p-1/b16-12-. The fourth-order valence-electron chi connectivity index (χ4n) is 1.82. The second-order valence-corrected chi connectivity index (χ2v) is 4.35. The molecule has 0 atom stereocenters. The largest absolute Gasteiger partial charge is 0.545 e. The van der Waals surface area contributed by atoms with Gasteiger partial charge in [-0.15, -0.1) is 0 Å². The molecule has 0 aliphatic rings. The van der Waals surface area contributed by atoms with Gasteiger partial charge in [0.25, 0.3) is 0 Å². The van der Waals surface area contributed by atoms with Gasteiger partial charge >= 0.3 is 0 Å². The summed E-state index contributed by atoms with van der Waals surface area (Å²) in [6, 6.07) is 16.5. The maximum atomic E-state index is 11.0. The van der Waals surface area contributed by atoms with E-state index in [1.807, 2.05) is 30.3 Å². The third-order valence-corrected chi connectivity index (χ3v) is 2.87. The monoisotopic (exact) mass is 283 g/mol. The van der Waals surface area contributed by atoms with Crippen molar-refractivity contribution in [2.75, 3.05) is 7.11 Å². The maximum absolute atomic E-state index is 11.0. The Morgan fingerprint density at radius 3 is 2.33 bits per heavy atom. The van der Waals surface area contributed by atoms with Gasteiger partial charge in [-0.2, -0.15) is 0 Å². The molecule has 0 saturated heterocycles. The Balaban J connectivity index is 2.05. The Labute approximate surface area is 123 Å². The van der Waals surface area contributed by atoms with Gasteiger partial charge in [0, 0.05) is 5.57 Å². The van der Waals surface area contributed by atoms with Crippen LogP contribution in [0.2, 0.25) is 0 Å². The van der Waals surface area contributed by atoms with Gasteiger partial charge in [0.15, 0.2) is 0 Å². The minimum atomic E-state index is -1.28. The molecule has 0 saturated carbocycles. The lowest BCUT2D eigenvalue weighted by atomic mass is 10.1. The van der Waals surface area contributed by atoms with E-state index in [9.17, 15) is 9.90 Å². The van der Waals surface area contributed by atoms with Crippen molar-refractivity contribution in [2.45, 2.75) is 6.61 Å². The molecule has 0 amide bonds. The van der Waals surface area contributed by atoms with E-state index in [1.54, 1.807) is 24.3 Å². The van der Waals surface area contributed by atoms with Gasteiger partial charge in [-0.1, -0.05) is 42.5 Å². The van der Waals surface area contributed by atoms with Crippen LogP contribution in [0, 0.1) is 0 Å². The fourth-order valence-corrected chi connectivity index (χ4v) is 1.82. The van der Waals surface area contributed by atoms with Crippen molar-refractivity contribution in [1.82, 2.24) is 0 Å². The van der Waals surface area contributed by atoms with Crippen molar-refractivity contribution in [3.05, 3.63) is 72.0 Å². The Kier molecular flexibility index (Phi) is 4.99. The highest BCUT2D eigenvalue weighted by molar-refractivity contribution is 6.13. The molecule has 0 heterocycles. The van der Waals surface area contributed by atoms with Crippen LogP contribution in [0.3, 0.4) is 0 Å². The average molecular weight is 283 g/mol. The van der Waals surface area contributed by atoms with Crippen molar-refractivity contribution < 1.29 is 19.4 Å². The molecular weight excluding hydrogens is 268 g/mol. The summed E-state index contributed by atoms with van der Waals surface area (Å²) >= 11 is 0. The van der Waals surface area contributed by atoms with Crippen LogP contribution in [0.4, 0.5) is 0 Å². The molecule has 0 N–H and O–H groups in total. The van der Waals surface area contributed by atoms with Gasteiger partial charge < -0.3 is 19.4 Å². The lowest BCUT2D eigenvalue weighted by molar-refractivity contribution is -0.295. The van der Waals surface area contributed by atoms with Crippen molar-refractivity contribution in [3.8, 4) is 5.75 Å². The highest BCUT2D eigenvalue weighted by Gasteiger charge is 2.04. The van der Waals surface area contributed by atoms with Crippen LogP contribution < -0.4 is 9.84 Å². The van der Waals surface area contributed by atoms with E-state index in [-0.39, 0.29) is 5.57 Å². The second-order valence-electron chi connectivity index (χ2n) is 4.35. The zero-order valence-corrected chi connectivity index (χ0v) is 11.6. The topological polar surface area (TPSA) is 58.6 Å². The summed E-state index contributed by atoms with van der Waals surface area (Å²) in [5.41, 5.74) is 1.56. The van der Waals surface area contributed by atoms with Crippen LogP contribution in [0.25, 0.3) is 5.57 Å². The van der Waals surface area contributed by atoms with Gasteiger partial charge in [-0.25, -0.2) is 0 Å². The summed E-state index contributed by atoms with van der Waals surface area (Å²) in [6.07, 6.45) is 1.15. The highest BCUT2D eigenvalue weighted by atomic mass is 16.5. The van der Waals surface area contributed by atoms with Crippen molar-refractivity contribution in [2.24, 2.45) is 0 Å². The Bertz CT molecular complexity index is 615. The molecule has 21 heavy (non-hydrogen) atoms. The minimum absolute atomic E-state index is 0.00731. The summed E-state index contributed by atoms with van der Waals surface area (Å²) in [5.74, 6) is -0.618. The van der Waals surface area contributed by atoms with Gasteiger partial charge in [-0.05, 0) is 23.3 Å². The van der Waals surface area contributed by atoms with E-state index >= 15 is 0 Å². The molecule has 0 radical (unpaired) electrons. The van der Waals surface area contributed by atoms with Crippen LogP contribution in [0.5, 0.6) is 5.75 Å². The van der Waals surface area contributed by atoms with E-state index in [0.717, 1.165) is 11.8 Å². The van der Waals surface area contributed by atoms with E-state index in [1.165, 1.54) is 7.11 Å². The predicted octanol–water partition coefficient (Wildman–Crippen LogP) is 2.00. The van der Waals surface area contributed by atoms with Crippen LogP contribution >= 0.6 is 0 Å². The molecule has 0 fully saturated rings. The molecule has 0 aliphatic carbocycles. The molecule has 108 valence electrons. The van der Waals surface area contributed by atoms with Crippen LogP contribution in [0.15, 0.2) is 60.9 Å². The number of carboxylic acids is 1. The molecular formula is C17H15O4-. The first-order valence-corrected chi connectivity index (χ1v) is 6.42. The average Bonchev–Trinajstić information content (AvgIpc) is 2.52. The fraction of sp³-hybridized carbons (Fsp3) is 0.118. The molecule has 0 aliphatic heterocycles. The molecule has 2 aromatic carbocycles. The smallest absolute Gasteiger partial charge is 0.119 e. The SMILES string of the molecule is CO/C=C(\C(=O)[O-])c1ccc(OCc2ccccc2)cc1. The lowest BCUT2D eigenvalue weighted by Crippen LogP contribution is -2.23. The summed E-state index contributed by atoms with van der Waals surface area (Å²) < 4.78 is 10.4. The van der Waals surface area contributed by atoms with Gasteiger partial charge in [0.2, 0.25) is 0 Å². The first-order chi connectivity index (χ1) is 10.2. The molecule has 0 spiro atoms. The number of carbonyl (C=O) groups is 1. The maximum Gasteiger partial charge on any atom is 0.119 e.